The molecule has 0 aromatic carbocycles. The molecule has 0 aromatic heterocycles. The molecule has 3 amide bonds. The predicted molar refractivity (Wildman–Crippen MR) is 90.9 cm³/mol. The minimum Gasteiger partial charge on any atom is -0.390 e. The summed E-state index contributed by atoms with van der Waals surface area (Å²) in [5.74, 6) is -1.46. The number of amides is 3. The van der Waals surface area contributed by atoms with Gasteiger partial charge in [0.15, 0.2) is 0 Å². The van der Waals surface area contributed by atoms with Gasteiger partial charge in [0.05, 0.1) is 12.1 Å². The summed E-state index contributed by atoms with van der Waals surface area (Å²) in [6.07, 6.45) is -0.715. The van der Waals surface area contributed by atoms with Crippen LogP contribution < -0.4 is 22.1 Å². The van der Waals surface area contributed by atoms with E-state index >= 15 is 0 Å². The molecule has 4 unspecified atom stereocenters. The quantitative estimate of drug-likeness (QED) is 0.291. The molecule has 9 nitrogen and oxygen atoms in total. The molecule has 4 atom stereocenters. The third kappa shape index (κ3) is 6.45. The van der Waals surface area contributed by atoms with Gasteiger partial charge in [-0.2, -0.15) is 0 Å². The van der Waals surface area contributed by atoms with E-state index in [0.29, 0.717) is 6.42 Å². The molecule has 0 aromatic rings. The summed E-state index contributed by atoms with van der Waals surface area (Å²) < 4.78 is 0. The van der Waals surface area contributed by atoms with Crippen molar-refractivity contribution in [3.8, 4) is 0 Å². The fraction of sp³-hybridized carbons (Fsp3) is 0.688. The molecule has 1 rings (SSSR count). The molecule has 0 saturated heterocycles. The Hall–Kier alpha value is -1.97. The maximum atomic E-state index is 12.4. The normalized spacial score (nSPS) is 24.4. The van der Waals surface area contributed by atoms with E-state index in [4.69, 9.17) is 11.5 Å². The second-order valence-electron chi connectivity index (χ2n) is 6.64. The number of primary amides is 1. The van der Waals surface area contributed by atoms with E-state index in [2.05, 4.69) is 10.6 Å². The average molecular weight is 356 g/mol. The summed E-state index contributed by atoms with van der Waals surface area (Å²) in [6, 6.07) is -1.75. The molecule has 0 saturated carbocycles. The van der Waals surface area contributed by atoms with Crippen LogP contribution in [0, 0.1) is 5.92 Å². The molecule has 8 N–H and O–H groups in total. The van der Waals surface area contributed by atoms with Crippen molar-refractivity contribution in [1.82, 2.24) is 10.6 Å². The van der Waals surface area contributed by atoms with E-state index in [1.807, 2.05) is 13.8 Å². The maximum absolute atomic E-state index is 12.4. The van der Waals surface area contributed by atoms with Gasteiger partial charge in [0, 0.05) is 25.0 Å². The monoisotopic (exact) mass is 356 g/mol. The Morgan fingerprint density at radius 2 is 1.96 bits per heavy atom. The number of aliphatic hydroxyl groups excluding tert-OH is 2. The van der Waals surface area contributed by atoms with Crippen LogP contribution in [0.25, 0.3) is 0 Å². The van der Waals surface area contributed by atoms with Gasteiger partial charge in [-0.1, -0.05) is 19.9 Å². The minimum absolute atomic E-state index is 0.0623. The number of rotatable bonds is 8. The average Bonchev–Trinajstić information content (AvgIpc) is 2.50. The number of hydrogen-bond donors (Lipinski definition) is 6. The number of nitrogens with one attached hydrogen (secondary N) is 2. The smallest absolute Gasteiger partial charge is 0.247 e. The minimum atomic E-state index is -1.24. The molecule has 0 spiro atoms. The molecule has 142 valence electrons. The van der Waals surface area contributed by atoms with Crippen molar-refractivity contribution < 1.29 is 24.6 Å². The van der Waals surface area contributed by atoms with Gasteiger partial charge in [0.25, 0.3) is 0 Å². The lowest BCUT2D eigenvalue weighted by atomic mass is 9.89. The number of carbonyl (C=O) groups is 3. The van der Waals surface area contributed by atoms with Gasteiger partial charge >= 0.3 is 0 Å². The molecule has 0 heterocycles. The van der Waals surface area contributed by atoms with Crippen molar-refractivity contribution in [1.29, 1.82) is 0 Å². The van der Waals surface area contributed by atoms with E-state index in [9.17, 15) is 24.6 Å². The first-order chi connectivity index (χ1) is 11.6. The van der Waals surface area contributed by atoms with Crippen LogP contribution >= 0.6 is 0 Å². The Bertz CT molecular complexity index is 535. The third-order valence-corrected chi connectivity index (χ3v) is 3.92. The Balaban J connectivity index is 2.87. The zero-order valence-corrected chi connectivity index (χ0v) is 14.6. The van der Waals surface area contributed by atoms with Crippen molar-refractivity contribution in [2.75, 3.05) is 6.54 Å². The predicted octanol–water partition coefficient (Wildman–Crippen LogP) is -2.11. The number of carbonyl (C=O) groups excluding carboxylic acids is 3. The van der Waals surface area contributed by atoms with E-state index in [1.165, 1.54) is 6.08 Å². The fourth-order valence-electron chi connectivity index (χ4n) is 2.62. The third-order valence-electron chi connectivity index (χ3n) is 3.92. The molecule has 0 radical (unpaired) electrons. The largest absolute Gasteiger partial charge is 0.390 e. The highest BCUT2D eigenvalue weighted by atomic mass is 16.3. The van der Waals surface area contributed by atoms with Gasteiger partial charge in [0.2, 0.25) is 17.7 Å². The molecule has 1 aliphatic carbocycles. The van der Waals surface area contributed by atoms with E-state index in [0.717, 1.165) is 0 Å². The van der Waals surface area contributed by atoms with Crippen LogP contribution in [0.3, 0.4) is 0 Å². The Morgan fingerprint density at radius 1 is 1.32 bits per heavy atom. The van der Waals surface area contributed by atoms with Crippen LogP contribution in [0.4, 0.5) is 0 Å². The lowest BCUT2D eigenvalue weighted by Gasteiger charge is -2.31. The summed E-state index contributed by atoms with van der Waals surface area (Å²) in [7, 11) is 0. The van der Waals surface area contributed by atoms with Crippen molar-refractivity contribution in [3.63, 3.8) is 0 Å². The van der Waals surface area contributed by atoms with Crippen LogP contribution in [-0.2, 0) is 14.4 Å². The topological polar surface area (TPSA) is 168 Å². The molecule has 25 heavy (non-hydrogen) atoms. The van der Waals surface area contributed by atoms with Crippen molar-refractivity contribution in [3.05, 3.63) is 11.6 Å². The molecule has 0 aliphatic heterocycles. The Morgan fingerprint density at radius 3 is 2.48 bits per heavy atom. The zero-order valence-electron chi connectivity index (χ0n) is 14.6. The fourth-order valence-corrected chi connectivity index (χ4v) is 2.62. The van der Waals surface area contributed by atoms with Gasteiger partial charge in [-0.15, -0.1) is 0 Å². The second kappa shape index (κ2) is 9.50. The van der Waals surface area contributed by atoms with Crippen LogP contribution in [0.1, 0.15) is 33.1 Å². The lowest BCUT2D eigenvalue weighted by Crippen LogP contribution is -2.52. The molecule has 9 heteroatoms. The van der Waals surface area contributed by atoms with Gasteiger partial charge in [-0.05, 0) is 12.3 Å². The molecule has 0 fully saturated rings. The van der Waals surface area contributed by atoms with Crippen LogP contribution in [0.15, 0.2) is 11.6 Å². The van der Waals surface area contributed by atoms with Gasteiger partial charge in [0.1, 0.15) is 12.1 Å². The van der Waals surface area contributed by atoms with Gasteiger partial charge < -0.3 is 32.3 Å². The number of nitrogens with two attached hydrogens (primary N) is 2. The molecular weight excluding hydrogens is 328 g/mol. The Kier molecular flexibility index (Phi) is 8.01. The van der Waals surface area contributed by atoms with Crippen LogP contribution in [0.2, 0.25) is 0 Å². The maximum Gasteiger partial charge on any atom is 0.247 e. The van der Waals surface area contributed by atoms with Crippen LogP contribution in [0.5, 0.6) is 0 Å². The SMILES string of the molecule is CC(C)CC(NC(=O)C1=CC(NC(=O)CCN)C(O)C(O)C1)C(N)=O. The zero-order chi connectivity index (χ0) is 19.1. The summed E-state index contributed by atoms with van der Waals surface area (Å²) >= 11 is 0. The highest BCUT2D eigenvalue weighted by Gasteiger charge is 2.34. The van der Waals surface area contributed by atoms with Gasteiger partial charge in [-0.25, -0.2) is 0 Å². The summed E-state index contributed by atoms with van der Waals surface area (Å²) in [5.41, 5.74) is 10.8. The van der Waals surface area contributed by atoms with E-state index < -0.39 is 42.0 Å². The highest BCUT2D eigenvalue weighted by molar-refractivity contribution is 5.97. The molecule has 0 bridgehead atoms. The number of hydrogen-bond acceptors (Lipinski definition) is 6. The summed E-state index contributed by atoms with van der Waals surface area (Å²) in [4.78, 5) is 35.5. The van der Waals surface area contributed by atoms with E-state index in [1.54, 1.807) is 0 Å². The summed E-state index contributed by atoms with van der Waals surface area (Å²) in [5, 5.41) is 25.0. The molecule has 1 aliphatic rings. The first-order valence-electron chi connectivity index (χ1n) is 8.32. The number of aliphatic hydroxyl groups is 2. The first-order valence-corrected chi connectivity index (χ1v) is 8.32. The second-order valence-corrected chi connectivity index (χ2v) is 6.64. The van der Waals surface area contributed by atoms with E-state index in [-0.39, 0.29) is 30.9 Å². The highest BCUT2D eigenvalue weighted by Crippen LogP contribution is 2.20. The molecular formula is C16H28N4O5. The lowest BCUT2D eigenvalue weighted by molar-refractivity contribution is -0.126. The standard InChI is InChI=1S/C16H28N4O5/c1-8(2)5-11(15(18)24)20-16(25)9-6-10(14(23)12(21)7-9)19-13(22)3-4-17/h6,8,10-12,14,21,23H,3-5,7,17H2,1-2H3,(H2,18,24)(H,19,22)(H,20,25). The van der Waals surface area contributed by atoms with Crippen LogP contribution in [-0.4, -0.2) is 58.8 Å². The van der Waals surface area contributed by atoms with Gasteiger partial charge in [-0.3, -0.25) is 14.4 Å². The summed E-state index contributed by atoms with van der Waals surface area (Å²) in [6.45, 7) is 3.93. The Labute approximate surface area is 146 Å². The van der Waals surface area contributed by atoms with Crippen molar-refractivity contribution >= 4 is 17.7 Å². The van der Waals surface area contributed by atoms with Crippen molar-refractivity contribution in [2.24, 2.45) is 17.4 Å². The first kappa shape index (κ1) is 21.1. The van der Waals surface area contributed by atoms with Crippen molar-refractivity contribution in [2.45, 2.75) is 57.4 Å².